The summed E-state index contributed by atoms with van der Waals surface area (Å²) < 4.78 is 64.0. The summed E-state index contributed by atoms with van der Waals surface area (Å²) in [6.45, 7) is 1.71. The Morgan fingerprint density at radius 1 is 1.33 bits per heavy atom. The van der Waals surface area contributed by atoms with Gasteiger partial charge in [0, 0.05) is 11.1 Å². The molecule has 21 heavy (non-hydrogen) atoms. The van der Waals surface area contributed by atoms with Crippen molar-refractivity contribution in [3.8, 4) is 0 Å². The molecule has 0 atom stereocenters. The highest BCUT2D eigenvalue weighted by atomic mass is 32.2. The molecule has 0 bridgehead atoms. The van der Waals surface area contributed by atoms with Crippen molar-refractivity contribution in [1.82, 2.24) is 9.71 Å². The molecule has 0 amide bonds. The lowest BCUT2D eigenvalue weighted by molar-refractivity contribution is -0.137. The predicted molar refractivity (Wildman–Crippen MR) is 72.3 cm³/mol. The van der Waals surface area contributed by atoms with Crippen LogP contribution in [0.5, 0.6) is 0 Å². The Kier molecular flexibility index (Phi) is 4.35. The van der Waals surface area contributed by atoms with Crippen molar-refractivity contribution in [2.24, 2.45) is 0 Å². The van der Waals surface area contributed by atoms with Crippen LogP contribution in [0.2, 0.25) is 0 Å². The van der Waals surface area contributed by atoms with Crippen LogP contribution in [0.1, 0.15) is 16.3 Å². The third kappa shape index (κ3) is 4.02. The highest BCUT2D eigenvalue weighted by Crippen LogP contribution is 2.30. The van der Waals surface area contributed by atoms with Crippen molar-refractivity contribution < 1.29 is 21.6 Å². The van der Waals surface area contributed by atoms with E-state index in [0.717, 1.165) is 23.9 Å². The quantitative estimate of drug-likeness (QED) is 0.934. The second-order valence-corrected chi connectivity index (χ2v) is 6.94. The highest BCUT2D eigenvalue weighted by Gasteiger charge is 2.31. The van der Waals surface area contributed by atoms with Gasteiger partial charge >= 0.3 is 6.18 Å². The third-order valence-electron chi connectivity index (χ3n) is 2.55. The van der Waals surface area contributed by atoms with Gasteiger partial charge in [-0.15, -0.1) is 11.3 Å². The molecule has 0 saturated heterocycles. The molecule has 0 aliphatic carbocycles. The number of nitrogens with one attached hydrogen (secondary N) is 1. The standard InChI is InChI=1S/C12H11F3N2O2S2/c1-8-7-20-11(17-8)6-16-21(18,19)10-4-2-3-9(5-10)12(13,14)15/h2-5,7,16H,6H2,1H3. The van der Waals surface area contributed by atoms with Gasteiger partial charge in [-0.25, -0.2) is 18.1 Å². The van der Waals surface area contributed by atoms with Gasteiger partial charge in [0.05, 0.1) is 17.0 Å². The summed E-state index contributed by atoms with van der Waals surface area (Å²) in [7, 11) is -4.02. The van der Waals surface area contributed by atoms with Gasteiger partial charge in [-0.2, -0.15) is 13.2 Å². The van der Waals surface area contributed by atoms with Gasteiger partial charge in [-0.3, -0.25) is 0 Å². The molecule has 0 aliphatic rings. The average molecular weight is 336 g/mol. The zero-order chi connectivity index (χ0) is 15.7. The second-order valence-electron chi connectivity index (χ2n) is 4.23. The van der Waals surface area contributed by atoms with Crippen molar-refractivity contribution in [3.63, 3.8) is 0 Å². The van der Waals surface area contributed by atoms with Crippen molar-refractivity contribution in [3.05, 3.63) is 45.9 Å². The van der Waals surface area contributed by atoms with E-state index < -0.39 is 26.7 Å². The minimum absolute atomic E-state index is 0.0584. The molecule has 114 valence electrons. The van der Waals surface area contributed by atoms with Gasteiger partial charge in [0.15, 0.2) is 0 Å². The Morgan fingerprint density at radius 2 is 2.05 bits per heavy atom. The van der Waals surface area contributed by atoms with Crippen LogP contribution in [-0.2, 0) is 22.7 Å². The Hall–Kier alpha value is -1.45. The summed E-state index contributed by atoms with van der Waals surface area (Å²) in [5.74, 6) is 0. The number of rotatable bonds is 4. The number of aromatic nitrogens is 1. The summed E-state index contributed by atoms with van der Waals surface area (Å²) in [5, 5.41) is 2.30. The Labute approximate surface area is 123 Å². The fourth-order valence-electron chi connectivity index (χ4n) is 1.56. The maximum Gasteiger partial charge on any atom is 0.416 e. The molecule has 2 aromatic rings. The van der Waals surface area contributed by atoms with E-state index in [9.17, 15) is 21.6 Å². The smallest absolute Gasteiger partial charge is 0.245 e. The number of sulfonamides is 1. The maximum atomic E-state index is 12.6. The largest absolute Gasteiger partial charge is 0.416 e. The molecule has 1 aromatic carbocycles. The minimum Gasteiger partial charge on any atom is -0.245 e. The topological polar surface area (TPSA) is 59.1 Å². The molecule has 0 fully saturated rings. The van der Waals surface area contributed by atoms with Crippen molar-refractivity contribution >= 4 is 21.4 Å². The number of benzene rings is 1. The van der Waals surface area contributed by atoms with E-state index in [1.807, 2.05) is 0 Å². The molecule has 0 spiro atoms. The van der Waals surface area contributed by atoms with E-state index in [0.29, 0.717) is 11.1 Å². The molecule has 2 rings (SSSR count). The lowest BCUT2D eigenvalue weighted by Crippen LogP contribution is -2.23. The van der Waals surface area contributed by atoms with Gasteiger partial charge in [0.25, 0.3) is 0 Å². The number of halogens is 3. The van der Waals surface area contributed by atoms with E-state index in [-0.39, 0.29) is 6.54 Å². The van der Waals surface area contributed by atoms with E-state index in [1.54, 1.807) is 12.3 Å². The molecular formula is C12H11F3N2O2S2. The van der Waals surface area contributed by atoms with Crippen LogP contribution < -0.4 is 4.72 Å². The van der Waals surface area contributed by atoms with Gasteiger partial charge < -0.3 is 0 Å². The molecule has 0 saturated carbocycles. The zero-order valence-corrected chi connectivity index (χ0v) is 12.4. The first-order valence-corrected chi connectivity index (χ1v) is 8.13. The second kappa shape index (κ2) is 5.74. The molecule has 1 N–H and O–H groups in total. The summed E-state index contributed by atoms with van der Waals surface area (Å²) in [4.78, 5) is 3.65. The molecule has 4 nitrogen and oxygen atoms in total. The van der Waals surface area contributed by atoms with Crippen molar-refractivity contribution in [1.29, 1.82) is 0 Å². The first-order chi connectivity index (χ1) is 9.68. The van der Waals surface area contributed by atoms with Crippen LogP contribution >= 0.6 is 11.3 Å². The van der Waals surface area contributed by atoms with Gasteiger partial charge in [0.1, 0.15) is 5.01 Å². The number of aryl methyl sites for hydroxylation is 1. The Balaban J connectivity index is 2.19. The van der Waals surface area contributed by atoms with Crippen LogP contribution in [0.3, 0.4) is 0 Å². The SMILES string of the molecule is Cc1csc(CNS(=O)(=O)c2cccc(C(F)(F)F)c2)n1. The fraction of sp³-hybridized carbons (Fsp3) is 0.250. The van der Waals surface area contributed by atoms with Gasteiger partial charge in [-0.1, -0.05) is 6.07 Å². The summed E-state index contributed by atoms with van der Waals surface area (Å²) >= 11 is 1.27. The van der Waals surface area contributed by atoms with Crippen LogP contribution in [-0.4, -0.2) is 13.4 Å². The molecular weight excluding hydrogens is 325 g/mol. The monoisotopic (exact) mass is 336 g/mol. The first-order valence-electron chi connectivity index (χ1n) is 5.76. The molecule has 0 radical (unpaired) electrons. The number of thiazole rings is 1. The normalized spacial score (nSPS) is 12.6. The summed E-state index contributed by atoms with van der Waals surface area (Å²) in [6.07, 6.45) is -4.59. The van der Waals surface area contributed by atoms with E-state index >= 15 is 0 Å². The fourth-order valence-corrected chi connectivity index (χ4v) is 3.40. The van der Waals surface area contributed by atoms with Crippen LogP contribution in [0, 0.1) is 6.92 Å². The predicted octanol–water partition coefficient (Wildman–Crippen LogP) is 2.95. The number of hydrogen-bond donors (Lipinski definition) is 1. The lowest BCUT2D eigenvalue weighted by atomic mass is 10.2. The molecule has 0 aliphatic heterocycles. The number of nitrogens with zero attached hydrogens (tertiary/aromatic N) is 1. The Morgan fingerprint density at radius 3 is 2.62 bits per heavy atom. The molecule has 0 unspecified atom stereocenters. The highest BCUT2D eigenvalue weighted by molar-refractivity contribution is 7.89. The molecule has 1 aromatic heterocycles. The van der Waals surface area contributed by atoms with E-state index in [4.69, 9.17) is 0 Å². The van der Waals surface area contributed by atoms with Crippen molar-refractivity contribution in [2.45, 2.75) is 24.5 Å². The molecule has 9 heteroatoms. The zero-order valence-electron chi connectivity index (χ0n) is 10.8. The summed E-state index contributed by atoms with van der Waals surface area (Å²) in [5.41, 5.74) is -0.247. The Bertz CT molecular complexity index is 739. The van der Waals surface area contributed by atoms with Crippen molar-refractivity contribution in [2.75, 3.05) is 0 Å². The maximum absolute atomic E-state index is 12.6. The summed E-state index contributed by atoms with van der Waals surface area (Å²) in [6, 6.07) is 3.61. The number of hydrogen-bond acceptors (Lipinski definition) is 4. The number of alkyl halides is 3. The lowest BCUT2D eigenvalue weighted by Gasteiger charge is -2.09. The first kappa shape index (κ1) is 15.9. The van der Waals surface area contributed by atoms with Crippen LogP contribution in [0.4, 0.5) is 13.2 Å². The van der Waals surface area contributed by atoms with Crippen LogP contribution in [0.25, 0.3) is 0 Å². The van der Waals surface area contributed by atoms with E-state index in [1.165, 1.54) is 11.3 Å². The third-order valence-corrected chi connectivity index (χ3v) is 4.92. The van der Waals surface area contributed by atoms with Gasteiger partial charge in [-0.05, 0) is 25.1 Å². The van der Waals surface area contributed by atoms with Crippen LogP contribution in [0.15, 0.2) is 34.5 Å². The van der Waals surface area contributed by atoms with Gasteiger partial charge in [0.2, 0.25) is 10.0 Å². The molecule has 1 heterocycles. The van der Waals surface area contributed by atoms with E-state index in [2.05, 4.69) is 9.71 Å². The average Bonchev–Trinajstić information content (AvgIpc) is 2.82. The minimum atomic E-state index is -4.59.